The Morgan fingerprint density at radius 3 is 2.75 bits per heavy atom. The van der Waals surface area contributed by atoms with E-state index < -0.39 is 0 Å². The van der Waals surface area contributed by atoms with Crippen LogP contribution in [-0.2, 0) is 6.42 Å². The zero-order valence-corrected chi connectivity index (χ0v) is 9.24. The molecule has 1 saturated heterocycles. The van der Waals surface area contributed by atoms with Crippen molar-refractivity contribution in [3.63, 3.8) is 0 Å². The Kier molecular flexibility index (Phi) is 2.02. The Bertz CT molecular complexity index is 420. The molecule has 0 amide bonds. The second-order valence-electron chi connectivity index (χ2n) is 5.39. The summed E-state index contributed by atoms with van der Waals surface area (Å²) in [5, 5.41) is 12.7. The number of aromatic nitrogens is 1. The van der Waals surface area contributed by atoms with Crippen molar-refractivity contribution < 1.29 is 0 Å². The average Bonchev–Trinajstić information content (AvgIpc) is 2.22. The van der Waals surface area contributed by atoms with Crippen molar-refractivity contribution in [1.82, 2.24) is 10.3 Å². The Morgan fingerprint density at radius 2 is 2.25 bits per heavy atom. The van der Waals surface area contributed by atoms with Crippen LogP contribution in [0.2, 0.25) is 0 Å². The number of nitrogens with zero attached hydrogens (tertiary/aromatic N) is 2. The molecular weight excluding hydrogens is 198 g/mol. The summed E-state index contributed by atoms with van der Waals surface area (Å²) >= 11 is 0. The van der Waals surface area contributed by atoms with E-state index in [1.54, 1.807) is 6.20 Å². The van der Waals surface area contributed by atoms with Crippen LogP contribution in [-0.4, -0.2) is 18.1 Å². The van der Waals surface area contributed by atoms with Gasteiger partial charge in [-0.3, -0.25) is 4.98 Å². The van der Waals surface area contributed by atoms with Gasteiger partial charge < -0.3 is 5.32 Å². The third-order valence-electron chi connectivity index (χ3n) is 3.93. The molecule has 1 aliphatic carbocycles. The molecule has 1 N–H and O–H groups in total. The molecule has 2 aliphatic rings. The SMILES string of the molecule is N#CC1(Cc2cccnc2)CC2(CNC2)C1. The summed E-state index contributed by atoms with van der Waals surface area (Å²) in [5.74, 6) is 0. The quantitative estimate of drug-likeness (QED) is 0.810. The highest BCUT2D eigenvalue weighted by Gasteiger charge is 2.57. The van der Waals surface area contributed by atoms with Crippen LogP contribution in [0.15, 0.2) is 24.5 Å². The largest absolute Gasteiger partial charge is 0.316 e. The van der Waals surface area contributed by atoms with Gasteiger partial charge in [-0.05, 0) is 36.3 Å². The number of pyridine rings is 1. The van der Waals surface area contributed by atoms with Gasteiger partial charge >= 0.3 is 0 Å². The van der Waals surface area contributed by atoms with Crippen LogP contribution in [0.5, 0.6) is 0 Å². The molecular formula is C13H15N3. The van der Waals surface area contributed by atoms with E-state index in [0.717, 1.165) is 32.4 Å². The van der Waals surface area contributed by atoms with E-state index in [9.17, 15) is 5.26 Å². The first-order chi connectivity index (χ1) is 7.76. The van der Waals surface area contributed by atoms with Crippen molar-refractivity contribution in [3.05, 3.63) is 30.1 Å². The van der Waals surface area contributed by atoms with Crippen molar-refractivity contribution in [2.75, 3.05) is 13.1 Å². The minimum absolute atomic E-state index is 0.120. The van der Waals surface area contributed by atoms with Gasteiger partial charge in [0.15, 0.2) is 0 Å². The fourth-order valence-corrected chi connectivity index (χ4v) is 3.25. The lowest BCUT2D eigenvalue weighted by Crippen LogP contribution is -2.64. The summed E-state index contributed by atoms with van der Waals surface area (Å²) in [6.45, 7) is 2.20. The van der Waals surface area contributed by atoms with E-state index in [1.807, 2.05) is 12.3 Å². The third-order valence-corrected chi connectivity index (χ3v) is 3.93. The predicted molar refractivity (Wildman–Crippen MR) is 60.5 cm³/mol. The highest BCUT2D eigenvalue weighted by molar-refractivity contribution is 5.23. The molecule has 0 atom stereocenters. The minimum atomic E-state index is -0.120. The lowest BCUT2D eigenvalue weighted by Gasteiger charge is -2.58. The molecule has 1 saturated carbocycles. The summed E-state index contributed by atoms with van der Waals surface area (Å²) in [4.78, 5) is 4.11. The molecule has 3 heteroatoms. The van der Waals surface area contributed by atoms with E-state index in [-0.39, 0.29) is 5.41 Å². The smallest absolute Gasteiger partial charge is 0.0693 e. The van der Waals surface area contributed by atoms with Crippen LogP contribution in [0.3, 0.4) is 0 Å². The molecule has 1 spiro atoms. The van der Waals surface area contributed by atoms with Crippen LogP contribution in [0.1, 0.15) is 18.4 Å². The van der Waals surface area contributed by atoms with Crippen molar-refractivity contribution in [3.8, 4) is 6.07 Å². The predicted octanol–water partition coefficient (Wildman–Crippen LogP) is 1.52. The zero-order valence-electron chi connectivity index (χ0n) is 9.24. The van der Waals surface area contributed by atoms with Crippen LogP contribution in [0.4, 0.5) is 0 Å². The van der Waals surface area contributed by atoms with E-state index in [2.05, 4.69) is 22.4 Å². The molecule has 16 heavy (non-hydrogen) atoms. The van der Waals surface area contributed by atoms with Gasteiger partial charge in [0.25, 0.3) is 0 Å². The fraction of sp³-hybridized carbons (Fsp3) is 0.538. The Hall–Kier alpha value is -1.40. The molecule has 3 rings (SSSR count). The maximum atomic E-state index is 9.36. The normalized spacial score (nSPS) is 24.2. The zero-order chi connectivity index (χ0) is 11.1. The first-order valence-corrected chi connectivity index (χ1v) is 5.77. The summed E-state index contributed by atoms with van der Waals surface area (Å²) in [6, 6.07) is 6.54. The summed E-state index contributed by atoms with van der Waals surface area (Å²) < 4.78 is 0. The lowest BCUT2D eigenvalue weighted by atomic mass is 9.49. The van der Waals surface area contributed by atoms with Crippen molar-refractivity contribution in [1.29, 1.82) is 5.26 Å². The lowest BCUT2D eigenvalue weighted by molar-refractivity contribution is -0.0417. The third kappa shape index (κ3) is 1.42. The molecule has 0 bridgehead atoms. The standard InChI is InChI=1S/C13H15N3/c14-8-12(4-11-2-1-3-15-5-11)6-13(7-12)9-16-10-13/h1-3,5,16H,4,6-7,9-10H2. The number of rotatable bonds is 2. The van der Waals surface area contributed by atoms with Gasteiger partial charge in [0, 0.05) is 25.5 Å². The molecule has 1 aromatic rings. The van der Waals surface area contributed by atoms with Gasteiger partial charge in [-0.15, -0.1) is 0 Å². The molecule has 2 heterocycles. The maximum absolute atomic E-state index is 9.36. The van der Waals surface area contributed by atoms with E-state index in [4.69, 9.17) is 0 Å². The Labute approximate surface area is 95.5 Å². The van der Waals surface area contributed by atoms with Crippen molar-refractivity contribution in [2.24, 2.45) is 10.8 Å². The van der Waals surface area contributed by atoms with Crippen molar-refractivity contribution in [2.45, 2.75) is 19.3 Å². The van der Waals surface area contributed by atoms with Gasteiger partial charge in [0.2, 0.25) is 0 Å². The molecule has 2 fully saturated rings. The minimum Gasteiger partial charge on any atom is -0.316 e. The second-order valence-corrected chi connectivity index (χ2v) is 5.39. The molecule has 0 radical (unpaired) electrons. The number of nitrogens with one attached hydrogen (secondary N) is 1. The maximum Gasteiger partial charge on any atom is 0.0693 e. The molecule has 1 aromatic heterocycles. The van der Waals surface area contributed by atoms with Crippen LogP contribution in [0, 0.1) is 22.2 Å². The van der Waals surface area contributed by atoms with Gasteiger partial charge in [-0.2, -0.15) is 5.26 Å². The van der Waals surface area contributed by atoms with Gasteiger partial charge in [-0.1, -0.05) is 6.07 Å². The highest BCUT2D eigenvalue weighted by atomic mass is 15.0. The summed E-state index contributed by atoms with van der Waals surface area (Å²) in [5.41, 5.74) is 1.52. The average molecular weight is 213 g/mol. The van der Waals surface area contributed by atoms with Gasteiger partial charge in [0.1, 0.15) is 0 Å². The van der Waals surface area contributed by atoms with Crippen LogP contribution < -0.4 is 5.32 Å². The topological polar surface area (TPSA) is 48.7 Å². The molecule has 0 aromatic carbocycles. The van der Waals surface area contributed by atoms with Crippen LogP contribution in [0.25, 0.3) is 0 Å². The number of nitriles is 1. The van der Waals surface area contributed by atoms with E-state index in [0.29, 0.717) is 5.41 Å². The summed E-state index contributed by atoms with van der Waals surface area (Å²) in [6.07, 6.45) is 6.62. The first-order valence-electron chi connectivity index (χ1n) is 5.77. The molecule has 3 nitrogen and oxygen atoms in total. The summed E-state index contributed by atoms with van der Waals surface area (Å²) in [7, 11) is 0. The fourth-order valence-electron chi connectivity index (χ4n) is 3.25. The monoisotopic (exact) mass is 213 g/mol. The Morgan fingerprint density at radius 1 is 1.44 bits per heavy atom. The van der Waals surface area contributed by atoms with E-state index >= 15 is 0 Å². The van der Waals surface area contributed by atoms with E-state index in [1.165, 1.54) is 5.56 Å². The number of hydrogen-bond acceptors (Lipinski definition) is 3. The van der Waals surface area contributed by atoms with Crippen molar-refractivity contribution >= 4 is 0 Å². The Balaban J connectivity index is 1.72. The molecule has 0 unspecified atom stereocenters. The van der Waals surface area contributed by atoms with Crippen LogP contribution >= 0.6 is 0 Å². The molecule has 82 valence electrons. The second kappa shape index (κ2) is 3.29. The van der Waals surface area contributed by atoms with Gasteiger partial charge in [0.05, 0.1) is 11.5 Å². The first kappa shape index (κ1) is 9.80. The van der Waals surface area contributed by atoms with Gasteiger partial charge in [-0.25, -0.2) is 0 Å². The highest BCUT2D eigenvalue weighted by Crippen LogP contribution is 2.57. The number of hydrogen-bond donors (Lipinski definition) is 1. The molecule has 1 aliphatic heterocycles.